The minimum absolute atomic E-state index is 0.0135. The molecule has 4 nitrogen and oxygen atoms in total. The minimum Gasteiger partial charge on any atom is -0.293 e. The predicted molar refractivity (Wildman–Crippen MR) is 140 cm³/mol. The third-order valence-electron chi connectivity index (χ3n) is 5.66. The molecule has 0 aliphatic carbocycles. The Morgan fingerprint density at radius 1 is 1.16 bits per heavy atom. The summed E-state index contributed by atoms with van der Waals surface area (Å²) in [4.78, 5) is 16.8. The quantitative estimate of drug-likeness (QED) is 0.243. The van der Waals surface area contributed by atoms with E-state index in [4.69, 9.17) is 17.3 Å². The molecule has 4 rings (SSSR count). The van der Waals surface area contributed by atoms with Crippen LogP contribution in [0.15, 0.2) is 58.9 Å². The van der Waals surface area contributed by atoms with Crippen molar-refractivity contribution in [1.29, 1.82) is 0 Å². The van der Waals surface area contributed by atoms with Gasteiger partial charge < -0.3 is 0 Å². The normalized spacial score (nSPS) is 16.3. The van der Waals surface area contributed by atoms with E-state index in [9.17, 15) is 4.79 Å². The molecule has 1 aromatic carbocycles. The SMILES string of the molecule is CCCCC(CC)CN1C(=O)C(=Cc2cn(-c3ccccc3)nc2-c2cccs2)SC1=S. The van der Waals surface area contributed by atoms with E-state index in [1.54, 1.807) is 16.2 Å². The van der Waals surface area contributed by atoms with Gasteiger partial charge in [0.2, 0.25) is 0 Å². The molecule has 1 saturated heterocycles. The molecule has 0 bridgehead atoms. The van der Waals surface area contributed by atoms with Crippen molar-refractivity contribution in [3.8, 4) is 16.3 Å². The van der Waals surface area contributed by atoms with Gasteiger partial charge in [-0.25, -0.2) is 4.68 Å². The number of carbonyl (C=O) groups is 1. The number of para-hydroxylation sites is 1. The third-order valence-corrected chi connectivity index (χ3v) is 7.92. The first-order valence-electron chi connectivity index (χ1n) is 11.0. The Hall–Kier alpha value is -2.22. The zero-order chi connectivity index (χ0) is 22.5. The van der Waals surface area contributed by atoms with E-state index >= 15 is 0 Å². The predicted octanol–water partition coefficient (Wildman–Crippen LogP) is 7.02. The Balaban J connectivity index is 1.64. The van der Waals surface area contributed by atoms with Crippen molar-refractivity contribution in [3.05, 3.63) is 64.5 Å². The maximum Gasteiger partial charge on any atom is 0.266 e. The van der Waals surface area contributed by atoms with Gasteiger partial charge in [0.1, 0.15) is 10.0 Å². The van der Waals surface area contributed by atoms with Gasteiger partial charge >= 0.3 is 0 Å². The van der Waals surface area contributed by atoms with Crippen molar-refractivity contribution in [1.82, 2.24) is 14.7 Å². The van der Waals surface area contributed by atoms with Crippen LogP contribution >= 0.6 is 35.3 Å². The summed E-state index contributed by atoms with van der Waals surface area (Å²) < 4.78 is 2.53. The minimum atomic E-state index is 0.0135. The number of rotatable bonds is 9. The summed E-state index contributed by atoms with van der Waals surface area (Å²) in [5.74, 6) is 0.499. The Morgan fingerprint density at radius 2 is 1.97 bits per heavy atom. The highest BCUT2D eigenvalue weighted by Gasteiger charge is 2.33. The second-order valence-electron chi connectivity index (χ2n) is 7.90. The number of unbranched alkanes of at least 4 members (excludes halogenated alkanes) is 1. The lowest BCUT2D eigenvalue weighted by Crippen LogP contribution is -2.33. The van der Waals surface area contributed by atoms with Crippen LogP contribution in [0.2, 0.25) is 0 Å². The highest BCUT2D eigenvalue weighted by molar-refractivity contribution is 8.26. The number of hydrogen-bond donors (Lipinski definition) is 0. The van der Waals surface area contributed by atoms with Crippen molar-refractivity contribution in [2.24, 2.45) is 5.92 Å². The molecule has 1 aliphatic rings. The fourth-order valence-electron chi connectivity index (χ4n) is 3.78. The second-order valence-corrected chi connectivity index (χ2v) is 10.5. The summed E-state index contributed by atoms with van der Waals surface area (Å²) in [6.07, 6.45) is 8.50. The summed E-state index contributed by atoms with van der Waals surface area (Å²) in [6, 6.07) is 14.1. The lowest BCUT2D eigenvalue weighted by molar-refractivity contribution is -0.122. The first kappa shape index (κ1) is 23.0. The molecule has 1 atom stereocenters. The Bertz CT molecular complexity index is 1100. The van der Waals surface area contributed by atoms with Gasteiger partial charge in [0.25, 0.3) is 5.91 Å². The van der Waals surface area contributed by atoms with Gasteiger partial charge in [-0.05, 0) is 42.0 Å². The Kier molecular flexibility index (Phi) is 7.60. The summed E-state index contributed by atoms with van der Waals surface area (Å²) >= 11 is 8.64. The van der Waals surface area contributed by atoms with E-state index in [0.29, 0.717) is 21.7 Å². The number of hydrogen-bond acceptors (Lipinski definition) is 5. The summed E-state index contributed by atoms with van der Waals surface area (Å²) in [7, 11) is 0. The largest absolute Gasteiger partial charge is 0.293 e. The average molecular weight is 482 g/mol. The second kappa shape index (κ2) is 10.6. The fourth-order valence-corrected chi connectivity index (χ4v) is 5.78. The molecular weight excluding hydrogens is 454 g/mol. The molecular formula is C25H27N3OS3. The number of thioether (sulfide) groups is 1. The molecule has 3 aromatic rings. The van der Waals surface area contributed by atoms with Gasteiger partial charge in [0.15, 0.2) is 0 Å². The first-order chi connectivity index (χ1) is 15.6. The lowest BCUT2D eigenvalue weighted by atomic mass is 9.99. The van der Waals surface area contributed by atoms with Crippen molar-refractivity contribution in [3.63, 3.8) is 0 Å². The molecule has 0 radical (unpaired) electrons. The van der Waals surface area contributed by atoms with Crippen LogP contribution < -0.4 is 0 Å². The molecule has 0 saturated carbocycles. The van der Waals surface area contributed by atoms with Gasteiger partial charge in [0, 0.05) is 18.3 Å². The van der Waals surface area contributed by atoms with E-state index in [-0.39, 0.29) is 5.91 Å². The zero-order valence-electron chi connectivity index (χ0n) is 18.4. The van der Waals surface area contributed by atoms with Crippen LogP contribution in [-0.4, -0.2) is 31.5 Å². The smallest absolute Gasteiger partial charge is 0.266 e. The van der Waals surface area contributed by atoms with Crippen molar-refractivity contribution >= 4 is 51.6 Å². The number of nitrogens with zero attached hydrogens (tertiary/aromatic N) is 3. The Labute approximate surface area is 203 Å². The lowest BCUT2D eigenvalue weighted by Gasteiger charge is -2.21. The van der Waals surface area contributed by atoms with Gasteiger partial charge in [-0.15, -0.1) is 11.3 Å². The van der Waals surface area contributed by atoms with Crippen LogP contribution in [0.4, 0.5) is 0 Å². The molecule has 1 fully saturated rings. The summed E-state index contributed by atoms with van der Waals surface area (Å²) in [6.45, 7) is 5.11. The van der Waals surface area contributed by atoms with Gasteiger partial charge in [0.05, 0.1) is 15.5 Å². The van der Waals surface area contributed by atoms with Crippen molar-refractivity contribution in [2.75, 3.05) is 6.54 Å². The standard InChI is InChI=1S/C25H27N3OS3/c1-3-5-10-18(4-2)16-27-24(29)22(32-25(27)30)15-19-17-28(20-11-7-6-8-12-20)26-23(19)21-13-9-14-31-21/h6-9,11-15,17-18H,3-5,10,16H2,1-2H3. The summed E-state index contributed by atoms with van der Waals surface area (Å²) in [5, 5.41) is 6.88. The molecule has 166 valence electrons. The van der Waals surface area contributed by atoms with E-state index in [0.717, 1.165) is 34.7 Å². The maximum atomic E-state index is 13.2. The van der Waals surface area contributed by atoms with Crippen LogP contribution in [0.5, 0.6) is 0 Å². The van der Waals surface area contributed by atoms with Crippen molar-refractivity contribution < 1.29 is 4.79 Å². The van der Waals surface area contributed by atoms with Crippen molar-refractivity contribution in [2.45, 2.75) is 39.5 Å². The molecule has 0 spiro atoms. The number of thiocarbonyl (C=S) groups is 1. The first-order valence-corrected chi connectivity index (χ1v) is 13.2. The number of amides is 1. The maximum absolute atomic E-state index is 13.2. The number of carbonyl (C=O) groups excluding carboxylic acids is 1. The summed E-state index contributed by atoms with van der Waals surface area (Å²) in [5.41, 5.74) is 2.79. The molecule has 7 heteroatoms. The van der Waals surface area contributed by atoms with Crippen LogP contribution in [0.1, 0.15) is 45.1 Å². The molecule has 3 heterocycles. The zero-order valence-corrected chi connectivity index (χ0v) is 20.8. The van der Waals surface area contributed by atoms with E-state index in [2.05, 4.69) is 19.9 Å². The Morgan fingerprint density at radius 3 is 2.66 bits per heavy atom. The fraction of sp³-hybridized carbons (Fsp3) is 0.320. The number of thiophene rings is 1. The third kappa shape index (κ3) is 5.05. The number of aromatic nitrogens is 2. The van der Waals surface area contributed by atoms with Gasteiger partial charge in [-0.2, -0.15) is 5.10 Å². The van der Waals surface area contributed by atoms with E-state index < -0.39 is 0 Å². The molecule has 1 unspecified atom stereocenters. The molecule has 1 aliphatic heterocycles. The van der Waals surface area contributed by atoms with Gasteiger partial charge in [-0.1, -0.05) is 81.4 Å². The molecule has 1 amide bonds. The topological polar surface area (TPSA) is 38.1 Å². The average Bonchev–Trinajstić information content (AvgIpc) is 3.54. The highest BCUT2D eigenvalue weighted by atomic mass is 32.2. The highest BCUT2D eigenvalue weighted by Crippen LogP contribution is 2.36. The van der Waals surface area contributed by atoms with Crippen LogP contribution in [0.3, 0.4) is 0 Å². The van der Waals surface area contributed by atoms with E-state index in [1.165, 1.54) is 24.6 Å². The molecule has 0 N–H and O–H groups in total. The molecule has 2 aromatic heterocycles. The monoisotopic (exact) mass is 481 g/mol. The van der Waals surface area contributed by atoms with Crippen LogP contribution in [0.25, 0.3) is 22.3 Å². The molecule has 32 heavy (non-hydrogen) atoms. The van der Waals surface area contributed by atoms with Crippen LogP contribution in [-0.2, 0) is 4.79 Å². The van der Waals surface area contributed by atoms with Gasteiger partial charge in [-0.3, -0.25) is 9.69 Å². The van der Waals surface area contributed by atoms with Crippen LogP contribution in [0, 0.1) is 5.92 Å². The number of benzene rings is 1. The van der Waals surface area contributed by atoms with E-state index in [1.807, 2.05) is 58.7 Å².